The molecule has 0 aromatic heterocycles. The summed E-state index contributed by atoms with van der Waals surface area (Å²) in [6, 6.07) is 24.2. The topological polar surface area (TPSA) is 32.8 Å². The molecule has 4 nitrogen and oxygen atoms in total. The van der Waals surface area contributed by atoms with E-state index in [0.717, 1.165) is 36.4 Å². The first-order chi connectivity index (χ1) is 17.0. The summed E-state index contributed by atoms with van der Waals surface area (Å²) in [6.07, 6.45) is 0. The monoisotopic (exact) mass is 576 g/mol. The SMILES string of the molecule is Cc1cccc(C(=O)Oc2ccc(F)cc2)c1-c1ccc2c(c1)CN1CN2Cc2cc(I)ccc21. The Kier molecular flexibility index (Phi) is 5.48. The van der Waals surface area contributed by atoms with Crippen LogP contribution in [0, 0.1) is 16.3 Å². The second kappa shape index (κ2) is 8.68. The van der Waals surface area contributed by atoms with E-state index in [0.29, 0.717) is 11.3 Å². The molecule has 174 valence electrons. The standard InChI is InChI=1S/C29H22FIN2O2/c1-18-3-2-4-25(29(34)35-24-9-6-22(30)7-10-24)28(18)19-5-11-26-20(13-19)15-32-17-33(26)16-21-14-23(31)8-12-27(21)32/h2-14H,15-17H2,1H3. The number of hydrogen-bond acceptors (Lipinski definition) is 4. The molecule has 35 heavy (non-hydrogen) atoms. The van der Waals surface area contributed by atoms with Crippen LogP contribution < -0.4 is 14.5 Å². The molecule has 6 heteroatoms. The van der Waals surface area contributed by atoms with Crippen molar-refractivity contribution in [3.63, 3.8) is 0 Å². The van der Waals surface area contributed by atoms with Gasteiger partial charge in [0.2, 0.25) is 0 Å². The van der Waals surface area contributed by atoms with Crippen molar-refractivity contribution >= 4 is 39.9 Å². The van der Waals surface area contributed by atoms with Crippen LogP contribution in [-0.2, 0) is 13.1 Å². The number of hydrogen-bond donors (Lipinski definition) is 0. The molecular formula is C29H22FIN2O2. The van der Waals surface area contributed by atoms with Crippen LogP contribution in [0.4, 0.5) is 15.8 Å². The van der Waals surface area contributed by atoms with Crippen molar-refractivity contribution in [2.75, 3.05) is 16.5 Å². The van der Waals surface area contributed by atoms with E-state index in [1.54, 1.807) is 6.07 Å². The maximum Gasteiger partial charge on any atom is 0.344 e. The summed E-state index contributed by atoms with van der Waals surface area (Å²) in [5.74, 6) is -0.513. The lowest BCUT2D eigenvalue weighted by molar-refractivity contribution is 0.0735. The maximum atomic E-state index is 13.3. The average molecular weight is 576 g/mol. The molecular weight excluding hydrogens is 554 g/mol. The Morgan fingerprint density at radius 3 is 2.31 bits per heavy atom. The molecule has 0 saturated heterocycles. The van der Waals surface area contributed by atoms with Crippen LogP contribution in [0.25, 0.3) is 11.1 Å². The Balaban J connectivity index is 1.36. The molecule has 0 N–H and O–H groups in total. The smallest absolute Gasteiger partial charge is 0.344 e. The first kappa shape index (κ1) is 22.1. The zero-order valence-electron chi connectivity index (χ0n) is 19.1. The van der Waals surface area contributed by atoms with Gasteiger partial charge in [0.05, 0.1) is 12.2 Å². The van der Waals surface area contributed by atoms with Gasteiger partial charge in [-0.05, 0) is 118 Å². The van der Waals surface area contributed by atoms with Gasteiger partial charge in [0.25, 0.3) is 0 Å². The summed E-state index contributed by atoms with van der Waals surface area (Å²) in [4.78, 5) is 17.9. The fraction of sp³-hybridized carbons (Fsp3) is 0.138. The van der Waals surface area contributed by atoms with Crippen molar-refractivity contribution in [3.8, 4) is 16.9 Å². The van der Waals surface area contributed by atoms with Gasteiger partial charge in [-0.3, -0.25) is 0 Å². The number of anilines is 2. The summed E-state index contributed by atoms with van der Waals surface area (Å²) >= 11 is 2.37. The molecule has 0 spiro atoms. The Bertz CT molecular complexity index is 1470. The summed E-state index contributed by atoms with van der Waals surface area (Å²) in [7, 11) is 0. The van der Waals surface area contributed by atoms with Crippen LogP contribution >= 0.6 is 22.6 Å². The fourth-order valence-corrected chi connectivity index (χ4v) is 5.65. The van der Waals surface area contributed by atoms with E-state index in [4.69, 9.17) is 4.74 Å². The number of rotatable bonds is 3. The highest BCUT2D eigenvalue weighted by atomic mass is 127. The van der Waals surface area contributed by atoms with Gasteiger partial charge in [0.1, 0.15) is 11.6 Å². The molecule has 0 saturated carbocycles. The van der Waals surface area contributed by atoms with Crippen LogP contribution in [0.5, 0.6) is 5.75 Å². The lowest BCUT2D eigenvalue weighted by atomic mass is 9.92. The van der Waals surface area contributed by atoms with Gasteiger partial charge in [-0.15, -0.1) is 0 Å². The Morgan fingerprint density at radius 1 is 0.886 bits per heavy atom. The number of carbonyl (C=O) groups excluding carboxylic acids is 1. The second-order valence-electron chi connectivity index (χ2n) is 8.99. The molecule has 0 radical (unpaired) electrons. The summed E-state index contributed by atoms with van der Waals surface area (Å²) in [6.45, 7) is 4.58. The zero-order valence-corrected chi connectivity index (χ0v) is 21.3. The van der Waals surface area contributed by atoms with Gasteiger partial charge < -0.3 is 14.5 Å². The highest BCUT2D eigenvalue weighted by Gasteiger charge is 2.30. The molecule has 2 aliphatic rings. The molecule has 0 aliphatic carbocycles. The quantitative estimate of drug-likeness (QED) is 0.151. The Labute approximate surface area is 217 Å². The molecule has 0 fully saturated rings. The third-order valence-electron chi connectivity index (χ3n) is 6.67. The predicted octanol–water partition coefficient (Wildman–Crippen LogP) is 6.92. The molecule has 2 aliphatic heterocycles. The summed E-state index contributed by atoms with van der Waals surface area (Å²) in [5, 5.41) is 0. The summed E-state index contributed by atoms with van der Waals surface area (Å²) < 4.78 is 20.1. The zero-order chi connectivity index (χ0) is 24.1. The molecule has 4 aromatic rings. The Hall–Kier alpha value is -3.39. The number of ether oxygens (including phenoxy) is 1. The largest absolute Gasteiger partial charge is 0.423 e. The van der Waals surface area contributed by atoms with E-state index in [1.807, 2.05) is 19.1 Å². The van der Waals surface area contributed by atoms with Crippen molar-refractivity contribution in [3.05, 3.63) is 111 Å². The first-order valence-electron chi connectivity index (χ1n) is 11.5. The molecule has 6 rings (SSSR count). The molecule has 0 unspecified atom stereocenters. The predicted molar refractivity (Wildman–Crippen MR) is 144 cm³/mol. The van der Waals surface area contributed by atoms with Gasteiger partial charge >= 0.3 is 5.97 Å². The highest BCUT2D eigenvalue weighted by Crippen LogP contribution is 2.40. The van der Waals surface area contributed by atoms with Crippen LogP contribution in [0.1, 0.15) is 27.0 Å². The van der Waals surface area contributed by atoms with Gasteiger partial charge in [0.15, 0.2) is 0 Å². The van der Waals surface area contributed by atoms with Gasteiger partial charge in [0, 0.05) is 28.0 Å². The first-order valence-corrected chi connectivity index (χ1v) is 12.5. The van der Waals surface area contributed by atoms with Crippen molar-refractivity contribution in [1.82, 2.24) is 0 Å². The van der Waals surface area contributed by atoms with Crippen LogP contribution in [0.15, 0.2) is 78.9 Å². The molecule has 4 aromatic carbocycles. The van der Waals surface area contributed by atoms with Crippen LogP contribution in [0.2, 0.25) is 0 Å². The van der Waals surface area contributed by atoms with Gasteiger partial charge in [-0.2, -0.15) is 0 Å². The van der Waals surface area contributed by atoms with Gasteiger partial charge in [-0.25, -0.2) is 9.18 Å². The molecule has 2 bridgehead atoms. The van der Waals surface area contributed by atoms with Crippen molar-refractivity contribution < 1.29 is 13.9 Å². The number of halogens is 2. The summed E-state index contributed by atoms with van der Waals surface area (Å²) in [5.41, 5.74) is 8.44. The van der Waals surface area contributed by atoms with E-state index >= 15 is 0 Å². The lowest BCUT2D eigenvalue weighted by Gasteiger charge is -2.45. The van der Waals surface area contributed by atoms with E-state index < -0.39 is 5.97 Å². The minimum Gasteiger partial charge on any atom is -0.423 e. The third kappa shape index (κ3) is 4.05. The lowest BCUT2D eigenvalue weighted by Crippen LogP contribution is -2.46. The van der Waals surface area contributed by atoms with E-state index in [9.17, 15) is 9.18 Å². The van der Waals surface area contributed by atoms with E-state index in [1.165, 1.54) is 50.3 Å². The maximum absolute atomic E-state index is 13.3. The van der Waals surface area contributed by atoms with Crippen LogP contribution in [0.3, 0.4) is 0 Å². The second-order valence-corrected chi connectivity index (χ2v) is 10.2. The van der Waals surface area contributed by atoms with Crippen molar-refractivity contribution in [2.24, 2.45) is 0 Å². The van der Waals surface area contributed by atoms with Crippen molar-refractivity contribution in [1.29, 1.82) is 0 Å². The van der Waals surface area contributed by atoms with Crippen LogP contribution in [-0.4, -0.2) is 12.6 Å². The number of carbonyl (C=O) groups is 1. The number of aryl methyl sites for hydroxylation is 1. The third-order valence-corrected chi connectivity index (χ3v) is 7.34. The number of nitrogens with zero attached hydrogens (tertiary/aromatic N) is 2. The van der Waals surface area contributed by atoms with Crippen molar-refractivity contribution in [2.45, 2.75) is 20.0 Å². The molecule has 2 heterocycles. The Morgan fingerprint density at radius 2 is 1.57 bits per heavy atom. The normalized spacial score (nSPS) is 13.8. The molecule has 0 atom stereocenters. The molecule has 0 amide bonds. The van der Waals surface area contributed by atoms with Gasteiger partial charge in [-0.1, -0.05) is 18.2 Å². The minimum atomic E-state index is -0.457. The van der Waals surface area contributed by atoms with E-state index in [-0.39, 0.29) is 5.82 Å². The fourth-order valence-electron chi connectivity index (χ4n) is 5.09. The number of esters is 1. The highest BCUT2D eigenvalue weighted by molar-refractivity contribution is 14.1. The minimum absolute atomic E-state index is 0.316. The number of benzene rings is 4. The average Bonchev–Trinajstić information content (AvgIpc) is 2.85. The number of fused-ring (bicyclic) bond motifs is 6. The van der Waals surface area contributed by atoms with E-state index in [2.05, 4.69) is 68.8 Å².